The Bertz CT molecular complexity index is 665. The first-order valence-electron chi connectivity index (χ1n) is 13.5. The number of carboxylic acids is 1. The number of aromatic carboxylic acids is 1. The van der Waals surface area contributed by atoms with Crippen molar-refractivity contribution in [2.24, 2.45) is 0 Å². The molecule has 1 aromatic carbocycles. The smallest absolute Gasteiger partial charge is 0.339 e. The Labute approximate surface area is 211 Å². The van der Waals surface area contributed by atoms with E-state index in [0.717, 1.165) is 31.2 Å². The molecule has 0 radical (unpaired) electrons. The number of ether oxygens (including phenoxy) is 5. The average Bonchev–Trinajstić information content (AvgIpc) is 2.86. The molecule has 1 aliphatic heterocycles. The summed E-state index contributed by atoms with van der Waals surface area (Å²) in [5, 5.41) is 9.74. The van der Waals surface area contributed by atoms with Crippen molar-refractivity contribution < 1.29 is 33.6 Å². The molecule has 0 bridgehead atoms. The van der Waals surface area contributed by atoms with Gasteiger partial charge >= 0.3 is 5.97 Å². The Balaban J connectivity index is 1.80. The number of carboxylic acid groups (broad SMARTS) is 1. The number of benzene rings is 1. The zero-order chi connectivity index (χ0) is 25.0. The van der Waals surface area contributed by atoms with E-state index in [9.17, 15) is 9.90 Å². The lowest BCUT2D eigenvalue weighted by Crippen LogP contribution is -2.29. The van der Waals surface area contributed by atoms with Crippen LogP contribution in [-0.2, 0) is 25.4 Å². The Morgan fingerprint density at radius 3 is 2.26 bits per heavy atom. The maximum absolute atomic E-state index is 11.9. The van der Waals surface area contributed by atoms with Crippen LogP contribution >= 0.6 is 0 Å². The summed E-state index contributed by atoms with van der Waals surface area (Å²) >= 11 is 0. The fourth-order valence-corrected chi connectivity index (χ4v) is 4.03. The van der Waals surface area contributed by atoms with Crippen molar-refractivity contribution >= 4 is 5.97 Å². The highest BCUT2D eigenvalue weighted by atomic mass is 16.6. The number of hydrogen-bond acceptors (Lipinski definition) is 6. The molecule has 0 aliphatic carbocycles. The van der Waals surface area contributed by atoms with Gasteiger partial charge in [0.25, 0.3) is 0 Å². The van der Waals surface area contributed by atoms with Crippen molar-refractivity contribution in [3.8, 4) is 5.75 Å². The van der Waals surface area contributed by atoms with E-state index >= 15 is 0 Å². The number of carbonyl (C=O) groups is 1. The molecule has 1 N–H and O–H groups in total. The van der Waals surface area contributed by atoms with E-state index in [2.05, 4.69) is 6.92 Å². The Kier molecular flexibility index (Phi) is 16.5. The summed E-state index contributed by atoms with van der Waals surface area (Å²) in [5.74, 6) is -0.602. The summed E-state index contributed by atoms with van der Waals surface area (Å²) in [6.07, 6.45) is 12.2. The van der Waals surface area contributed by atoms with Gasteiger partial charge in [0.2, 0.25) is 0 Å². The predicted molar refractivity (Wildman–Crippen MR) is 137 cm³/mol. The van der Waals surface area contributed by atoms with Crippen LogP contribution in [0.25, 0.3) is 0 Å². The lowest BCUT2D eigenvalue weighted by Gasteiger charge is -2.20. The van der Waals surface area contributed by atoms with E-state index in [-0.39, 0.29) is 18.3 Å². The molecule has 0 spiro atoms. The molecule has 7 heteroatoms. The third kappa shape index (κ3) is 13.9. The van der Waals surface area contributed by atoms with Crippen LogP contribution in [0.2, 0.25) is 0 Å². The van der Waals surface area contributed by atoms with E-state index in [0.29, 0.717) is 52.0 Å². The van der Waals surface area contributed by atoms with E-state index in [1.54, 1.807) is 12.1 Å². The predicted octanol–water partition coefficient (Wildman–Crippen LogP) is 5.68. The van der Waals surface area contributed by atoms with Crippen LogP contribution in [0.1, 0.15) is 87.1 Å². The molecule has 2 rings (SSSR count). The van der Waals surface area contributed by atoms with Crippen molar-refractivity contribution in [3.05, 3.63) is 29.3 Å². The number of rotatable bonds is 13. The molecule has 35 heavy (non-hydrogen) atoms. The highest BCUT2D eigenvalue weighted by molar-refractivity contribution is 5.91. The molecule has 1 heterocycles. The van der Waals surface area contributed by atoms with Gasteiger partial charge in [-0.05, 0) is 43.4 Å². The van der Waals surface area contributed by atoms with Gasteiger partial charge in [0.05, 0.1) is 19.8 Å². The highest BCUT2D eigenvalue weighted by Gasteiger charge is 2.16. The Hall–Kier alpha value is -1.67. The van der Waals surface area contributed by atoms with Crippen molar-refractivity contribution in [2.75, 3.05) is 52.9 Å². The second kappa shape index (κ2) is 19.5. The first-order chi connectivity index (χ1) is 17.2. The van der Waals surface area contributed by atoms with Crippen LogP contribution < -0.4 is 4.74 Å². The van der Waals surface area contributed by atoms with Crippen LogP contribution in [-0.4, -0.2) is 70.0 Å². The topological polar surface area (TPSA) is 83.5 Å². The largest absolute Gasteiger partial charge is 0.490 e. The van der Waals surface area contributed by atoms with Crippen molar-refractivity contribution in [2.45, 2.75) is 83.7 Å². The first kappa shape index (κ1) is 29.6. The lowest BCUT2D eigenvalue weighted by atomic mass is 10.0. The van der Waals surface area contributed by atoms with E-state index < -0.39 is 5.97 Å². The minimum absolute atomic E-state index is 0.203. The van der Waals surface area contributed by atoms with Gasteiger partial charge in [-0.2, -0.15) is 0 Å². The highest BCUT2D eigenvalue weighted by Crippen LogP contribution is 2.22. The average molecular weight is 495 g/mol. The van der Waals surface area contributed by atoms with Crippen LogP contribution in [0.15, 0.2) is 18.2 Å². The molecule has 7 nitrogen and oxygen atoms in total. The van der Waals surface area contributed by atoms with E-state index in [1.165, 1.54) is 44.9 Å². The molecule has 1 atom stereocenters. The van der Waals surface area contributed by atoms with Gasteiger partial charge in [-0.3, -0.25) is 0 Å². The summed E-state index contributed by atoms with van der Waals surface area (Å²) in [7, 11) is 0. The number of aryl methyl sites for hydroxylation is 1. The van der Waals surface area contributed by atoms with Crippen molar-refractivity contribution in [1.82, 2.24) is 0 Å². The van der Waals surface area contributed by atoms with Gasteiger partial charge in [-0.15, -0.1) is 0 Å². The van der Waals surface area contributed by atoms with E-state index in [1.807, 2.05) is 6.07 Å². The lowest BCUT2D eigenvalue weighted by molar-refractivity contribution is -0.0517. The van der Waals surface area contributed by atoms with Gasteiger partial charge < -0.3 is 28.8 Å². The molecule has 1 fully saturated rings. The first-order valence-corrected chi connectivity index (χ1v) is 13.5. The molecule has 1 unspecified atom stereocenters. The van der Waals surface area contributed by atoms with Crippen LogP contribution in [0, 0.1) is 0 Å². The van der Waals surface area contributed by atoms with Gasteiger partial charge in [0.15, 0.2) is 0 Å². The van der Waals surface area contributed by atoms with Crippen LogP contribution in [0.5, 0.6) is 5.75 Å². The van der Waals surface area contributed by atoms with Crippen LogP contribution in [0.4, 0.5) is 0 Å². The standard InChI is InChI=1S/C28H46O7/c1-2-3-4-5-6-7-8-9-12-24-13-14-27(26(21-24)28(29)30)35-23-25-22-33-17-10-15-31-19-20-32-16-11-18-34-25/h13-14,21,25H,2-12,15-20,22-23H2,1H3,(H,29,30). The summed E-state index contributed by atoms with van der Waals surface area (Å²) in [5.41, 5.74) is 1.25. The van der Waals surface area contributed by atoms with E-state index in [4.69, 9.17) is 23.7 Å². The molecule has 200 valence electrons. The van der Waals surface area contributed by atoms with Gasteiger partial charge in [-0.1, -0.05) is 57.9 Å². The zero-order valence-electron chi connectivity index (χ0n) is 21.6. The second-order valence-electron chi connectivity index (χ2n) is 9.17. The molecule has 1 aliphatic rings. The fourth-order valence-electron chi connectivity index (χ4n) is 4.03. The quantitative estimate of drug-likeness (QED) is 0.353. The van der Waals surface area contributed by atoms with Crippen LogP contribution in [0.3, 0.4) is 0 Å². The third-order valence-electron chi connectivity index (χ3n) is 6.06. The molecule has 1 aromatic rings. The minimum atomic E-state index is -0.974. The minimum Gasteiger partial charge on any atom is -0.490 e. The third-order valence-corrected chi connectivity index (χ3v) is 6.06. The van der Waals surface area contributed by atoms with Gasteiger partial charge in [0, 0.05) is 26.4 Å². The summed E-state index contributed by atoms with van der Waals surface area (Å²) in [6, 6.07) is 5.50. The summed E-state index contributed by atoms with van der Waals surface area (Å²) < 4.78 is 28.6. The van der Waals surface area contributed by atoms with Crippen molar-refractivity contribution in [1.29, 1.82) is 0 Å². The normalized spacial score (nSPS) is 18.6. The summed E-state index contributed by atoms with van der Waals surface area (Å²) in [4.78, 5) is 11.9. The molecular weight excluding hydrogens is 448 g/mol. The monoisotopic (exact) mass is 494 g/mol. The SMILES string of the molecule is CCCCCCCCCCc1ccc(OCC2COCCCOCCOCCCO2)c(C(=O)O)c1. The summed E-state index contributed by atoms with van der Waals surface area (Å²) in [6.45, 7) is 6.40. The number of unbranched alkanes of at least 4 members (excludes halogenated alkanes) is 7. The Morgan fingerprint density at radius 1 is 0.886 bits per heavy atom. The molecule has 0 saturated carbocycles. The number of hydrogen-bond donors (Lipinski definition) is 1. The van der Waals surface area contributed by atoms with Gasteiger partial charge in [-0.25, -0.2) is 4.79 Å². The zero-order valence-corrected chi connectivity index (χ0v) is 21.6. The molecule has 1 saturated heterocycles. The second-order valence-corrected chi connectivity index (χ2v) is 9.17. The fraction of sp³-hybridized carbons (Fsp3) is 0.750. The Morgan fingerprint density at radius 2 is 1.54 bits per heavy atom. The molecular formula is C28H46O7. The molecule has 0 amide bonds. The van der Waals surface area contributed by atoms with Crippen molar-refractivity contribution in [3.63, 3.8) is 0 Å². The maximum atomic E-state index is 11.9. The molecule has 0 aromatic heterocycles. The van der Waals surface area contributed by atoms with Gasteiger partial charge in [0.1, 0.15) is 24.0 Å². The maximum Gasteiger partial charge on any atom is 0.339 e.